The zero-order valence-electron chi connectivity index (χ0n) is 75.9. The molecule has 17 amide bonds. The number of fused-ring (bicyclic) bond motifs is 1. The Balaban J connectivity index is 1.29. The van der Waals surface area contributed by atoms with Gasteiger partial charge in [0.05, 0.1) is 55.9 Å². The normalized spacial score (nSPS) is 15.1. The molecule has 0 unspecified atom stereocenters. The summed E-state index contributed by atoms with van der Waals surface area (Å²) in [7, 11) is 0. The van der Waals surface area contributed by atoms with Crippen LogP contribution in [0.4, 0.5) is 0 Å². The number of aryl methyl sites for hydroxylation is 1. The van der Waals surface area contributed by atoms with E-state index in [1.54, 1.807) is 52.8 Å². The van der Waals surface area contributed by atoms with Crippen LogP contribution in [-0.4, -0.2) is 299 Å². The van der Waals surface area contributed by atoms with E-state index in [0.29, 0.717) is 36.9 Å². The van der Waals surface area contributed by atoms with Gasteiger partial charge < -0.3 is 131 Å². The van der Waals surface area contributed by atoms with Gasteiger partial charge in [-0.25, -0.2) is 0 Å². The van der Waals surface area contributed by atoms with Crippen molar-refractivity contribution in [2.75, 3.05) is 39.4 Å². The highest BCUT2D eigenvalue weighted by Crippen LogP contribution is 2.25. The van der Waals surface area contributed by atoms with E-state index in [0.717, 1.165) is 24.3 Å². The first kappa shape index (κ1) is 111. The van der Waals surface area contributed by atoms with Crippen LogP contribution in [0.5, 0.6) is 11.5 Å². The number of unbranched alkanes of at least 4 members (excludes halogenated alkanes) is 1. The molecule has 1 heterocycles. The van der Waals surface area contributed by atoms with Crippen LogP contribution in [-0.2, 0) is 106 Å². The Kier molecular flexibility index (Phi) is 45.7. The number of aliphatic carboxylic acids is 3. The van der Waals surface area contributed by atoms with E-state index in [1.165, 1.54) is 85.8 Å². The molecule has 1 aliphatic heterocycles. The number of nitrogens with one attached hydrogen (secondary N) is 15. The Hall–Kier alpha value is -14.1. The molecule has 5 rings (SSSR count). The number of carboxylic acids is 3. The Morgan fingerprint density at radius 2 is 0.822 bits per heavy atom. The van der Waals surface area contributed by atoms with E-state index >= 15 is 0 Å². The van der Waals surface area contributed by atoms with Crippen LogP contribution in [0.2, 0.25) is 0 Å². The number of amides is 17. The lowest BCUT2D eigenvalue weighted by Gasteiger charge is -2.30. The summed E-state index contributed by atoms with van der Waals surface area (Å²) in [6.45, 7) is 8.65. The summed E-state index contributed by atoms with van der Waals surface area (Å²) in [4.78, 5) is 273. The fourth-order valence-electron chi connectivity index (χ4n) is 13.8. The van der Waals surface area contributed by atoms with Crippen molar-refractivity contribution in [3.8, 4) is 11.5 Å². The number of aromatic hydroxyl groups is 2. The van der Waals surface area contributed by atoms with Gasteiger partial charge in [0.15, 0.2) is 0 Å². The van der Waals surface area contributed by atoms with Gasteiger partial charge in [0.2, 0.25) is 88.6 Å². The van der Waals surface area contributed by atoms with Crippen LogP contribution in [0.15, 0.2) is 97.1 Å². The lowest BCUT2D eigenvalue weighted by atomic mass is 9.96. The first-order chi connectivity index (χ1) is 63.8. The van der Waals surface area contributed by atoms with Crippen molar-refractivity contribution < 1.29 is 142 Å². The van der Waals surface area contributed by atoms with Crippen LogP contribution in [0.25, 0.3) is 0 Å². The van der Waals surface area contributed by atoms with Crippen LogP contribution >= 0.6 is 0 Å². The smallest absolute Gasteiger partial charge is 0.305 e. The molecule has 738 valence electrons. The molecule has 0 saturated heterocycles. The molecular formula is C89H123N17O29. The number of aliphatic hydroxyl groups excluding tert-OH is 4. The number of benzene rings is 4. The summed E-state index contributed by atoms with van der Waals surface area (Å²) < 4.78 is 0. The maximum Gasteiger partial charge on any atom is 0.305 e. The lowest BCUT2D eigenvalue weighted by molar-refractivity contribution is -0.142. The molecule has 46 nitrogen and oxygen atoms in total. The number of nitrogens with zero attached hydrogens (tertiary/aromatic N) is 1. The standard InChI is InChI=1S/C89H123N17O29/c1-9-47(5)73(85(131)99-61(38-53-22-26-55(112)27-23-53)79(125)95-59(34-45(2)3)78(124)97-63(39-71(118)119)77(123)93-48(6)16-13-14-31-90)104-84(130)66(44-108)101-80(126)60(37-52-20-24-54(111)25-21-52)96-81(127)64(40-72(120)121)98-83(129)65(43-107)102-87(133)75(50(8)110)105-82(128)62(36-51-17-11-10-12-18-51)100-86(132)74(49(7)109)103-69(115)42-92-76(122)58(29-30-70(116)117)94-68(114)41-67(113)91-32-15-33-106-88(134)56-28-19-46(4)35-57(56)89(106)135/h10-12,17-28,35,45,47-50,58-66,73-75,107-112H,9,13-16,29-34,36-44,90H2,1-8H3,(H,91,113)(H,92,122)(H,93,123)(H,94,114)(H,95,125)(H,96,127)(H,97,124)(H,98,129)(H,99,131)(H,100,132)(H,101,126)(H,102,133)(H,103,115)(H,104,130)(H,105,128)(H,116,117)(H,118,119)(H,120,121)/t47-,48+,49+,50+,58-,59-,60-,61-,62-,63-,64-,65-,66-,73-,74-,75-/m0/s1. The predicted octanol–water partition coefficient (Wildman–Crippen LogP) is -5.15. The molecule has 0 saturated carbocycles. The van der Waals surface area contributed by atoms with Gasteiger partial charge in [-0.2, -0.15) is 0 Å². The second kappa shape index (κ2) is 55.4. The summed E-state index contributed by atoms with van der Waals surface area (Å²) in [5.41, 5.74) is 7.69. The van der Waals surface area contributed by atoms with Crippen LogP contribution < -0.4 is 85.5 Å². The fourth-order valence-corrected chi connectivity index (χ4v) is 13.8. The molecule has 135 heavy (non-hydrogen) atoms. The molecule has 0 radical (unpaired) electrons. The second-order valence-electron chi connectivity index (χ2n) is 33.2. The van der Waals surface area contributed by atoms with Crippen molar-refractivity contribution in [2.45, 2.75) is 236 Å². The first-order valence-corrected chi connectivity index (χ1v) is 43.7. The third-order valence-corrected chi connectivity index (χ3v) is 21.4. The number of phenols is 2. The minimum absolute atomic E-state index is 0.0768. The summed E-state index contributed by atoms with van der Waals surface area (Å²) in [6, 6.07) is 0.180. The SMILES string of the molecule is CC[C@H](C)[C@H](NC(=O)[C@H](CO)NC(=O)[C@H](Cc1ccc(O)cc1)NC(=O)[C@H](CC(=O)O)NC(=O)[C@H](CO)NC(=O)[C@@H](NC(=O)[C@H](Cc1ccccc1)NC(=O)[C@@H](NC(=O)CNC(=O)[C@H](CCC(=O)O)NC(=O)CC(=O)NCCCN1C(=O)c2ccc(C)cc2C1=O)[C@@H](C)O)[C@@H](C)O)C(=O)N[C@@H](Cc1ccc(O)cc1)C(=O)N[C@@H](CC(C)C)C(=O)N[C@@H](CC(=O)O)C(=O)N[C@H](C)CCCCN. The highest BCUT2D eigenvalue weighted by molar-refractivity contribution is 6.21. The van der Waals surface area contributed by atoms with Gasteiger partial charge in [0.1, 0.15) is 90.4 Å². The molecule has 46 heteroatoms. The molecular weight excluding hydrogens is 1770 g/mol. The van der Waals surface area contributed by atoms with Gasteiger partial charge in [0, 0.05) is 44.8 Å². The number of aliphatic hydroxyl groups is 4. The molecule has 26 N–H and O–H groups in total. The fraction of sp³-hybridized carbons (Fsp3) is 0.506. The average molecular weight is 1900 g/mol. The largest absolute Gasteiger partial charge is 0.508 e. The third kappa shape index (κ3) is 37.5. The van der Waals surface area contributed by atoms with E-state index in [1.807, 2.05) is 0 Å². The number of imide groups is 1. The Morgan fingerprint density at radius 3 is 1.31 bits per heavy atom. The van der Waals surface area contributed by atoms with Gasteiger partial charge in [-0.3, -0.25) is 101 Å². The zero-order valence-corrected chi connectivity index (χ0v) is 75.9. The Morgan fingerprint density at radius 1 is 0.400 bits per heavy atom. The van der Waals surface area contributed by atoms with Crippen molar-refractivity contribution in [1.29, 1.82) is 0 Å². The highest BCUT2D eigenvalue weighted by atomic mass is 16.4. The number of rotatable bonds is 58. The monoisotopic (exact) mass is 1890 g/mol. The zero-order chi connectivity index (χ0) is 101. The van der Waals surface area contributed by atoms with Gasteiger partial charge in [0.25, 0.3) is 11.8 Å². The summed E-state index contributed by atoms with van der Waals surface area (Å²) in [5.74, 6) is -24.8. The molecule has 16 atom stereocenters. The number of carbonyl (C=O) groups excluding carboxylic acids is 17. The predicted molar refractivity (Wildman–Crippen MR) is 477 cm³/mol. The van der Waals surface area contributed by atoms with E-state index in [-0.39, 0.29) is 72.9 Å². The molecule has 4 aromatic carbocycles. The number of phenolic OH excluding ortho intramolecular Hbond substituents is 2. The van der Waals surface area contributed by atoms with Crippen molar-refractivity contribution in [3.63, 3.8) is 0 Å². The maximum absolute atomic E-state index is 14.7. The van der Waals surface area contributed by atoms with E-state index in [2.05, 4.69) is 79.8 Å². The molecule has 0 aliphatic carbocycles. The van der Waals surface area contributed by atoms with Crippen LogP contribution in [0.1, 0.15) is 162 Å². The average Bonchev–Trinajstić information content (AvgIpc) is 1.63. The minimum atomic E-state index is -2.24. The number of carboxylic acid groups (broad SMARTS) is 3. The quantitative estimate of drug-likeness (QED) is 0.0112. The molecule has 0 aromatic heterocycles. The van der Waals surface area contributed by atoms with Gasteiger partial charge >= 0.3 is 17.9 Å². The number of nitrogens with two attached hydrogens (primary N) is 1. The van der Waals surface area contributed by atoms with Crippen LogP contribution in [0.3, 0.4) is 0 Å². The van der Waals surface area contributed by atoms with Crippen molar-refractivity contribution >= 4 is 118 Å². The minimum Gasteiger partial charge on any atom is -0.508 e. The second-order valence-corrected chi connectivity index (χ2v) is 33.2. The topological polar surface area (TPSA) is 733 Å². The molecule has 4 aromatic rings. The van der Waals surface area contributed by atoms with Crippen LogP contribution in [0, 0.1) is 18.8 Å². The Bertz CT molecular complexity index is 4830. The summed E-state index contributed by atoms with van der Waals surface area (Å²) >= 11 is 0. The first-order valence-electron chi connectivity index (χ1n) is 43.7. The maximum atomic E-state index is 14.7. The third-order valence-electron chi connectivity index (χ3n) is 21.4. The molecule has 1 aliphatic rings. The number of hydrogen-bond donors (Lipinski definition) is 25. The van der Waals surface area contributed by atoms with E-state index in [9.17, 15) is 142 Å². The van der Waals surface area contributed by atoms with E-state index < -0.39 is 280 Å². The summed E-state index contributed by atoms with van der Waals surface area (Å²) in [5, 5.41) is 128. The van der Waals surface area contributed by atoms with Crippen molar-refractivity contribution in [1.82, 2.24) is 84.7 Å². The van der Waals surface area contributed by atoms with Gasteiger partial charge in [-0.1, -0.05) is 107 Å². The van der Waals surface area contributed by atoms with Gasteiger partial charge in [-0.15, -0.1) is 0 Å². The van der Waals surface area contributed by atoms with Gasteiger partial charge in [-0.05, 0) is 131 Å². The molecule has 0 bridgehead atoms. The highest BCUT2D eigenvalue weighted by Gasteiger charge is 2.41. The van der Waals surface area contributed by atoms with Crippen molar-refractivity contribution in [3.05, 3.63) is 130 Å². The Labute approximate surface area is 776 Å². The van der Waals surface area contributed by atoms with Crippen molar-refractivity contribution in [2.24, 2.45) is 17.6 Å². The number of hydrogen-bond acceptors (Lipinski definition) is 27. The van der Waals surface area contributed by atoms with E-state index in [4.69, 9.17) is 5.73 Å². The molecule has 0 spiro atoms. The lowest BCUT2D eigenvalue weighted by Crippen LogP contribution is -2.63. The molecule has 0 fully saturated rings. The summed E-state index contributed by atoms with van der Waals surface area (Å²) in [6.07, 6.45) is -7.42. The number of carbonyl (C=O) groups is 20.